The molecule has 0 bridgehead atoms. The first-order chi connectivity index (χ1) is 21.5. The molecule has 0 aliphatic carbocycles. The molecule has 0 atom stereocenters. The summed E-state index contributed by atoms with van der Waals surface area (Å²) in [5.74, 6) is -1.32. The number of esters is 2. The first-order valence-corrected chi connectivity index (χ1v) is 15.4. The standard InChI is InChI=1S/C32H21Br2Cl2N3O6/c1-16(40)44-25-9-8-18(11-26(25)43-2)32(42)45-30-19(10-20(33)12-23(30)34)15-37-39-31(41)29-27(17-6-4-3-5-7-17)22-13-21(35)14-24(36)28(22)38-29/h3-15,38H,1-2H3,(H,39,41). The van der Waals surface area contributed by atoms with Gasteiger partial charge in [-0.15, -0.1) is 0 Å². The fourth-order valence-corrected chi connectivity index (χ4v) is 6.36. The van der Waals surface area contributed by atoms with Gasteiger partial charge in [0, 0.05) is 32.9 Å². The van der Waals surface area contributed by atoms with Gasteiger partial charge in [-0.3, -0.25) is 9.59 Å². The molecule has 4 aromatic carbocycles. The number of nitrogens with zero attached hydrogens (tertiary/aromatic N) is 1. The van der Waals surface area contributed by atoms with Crippen LogP contribution in [0.2, 0.25) is 10.0 Å². The van der Waals surface area contributed by atoms with Crippen molar-refractivity contribution in [2.24, 2.45) is 5.10 Å². The van der Waals surface area contributed by atoms with E-state index in [1.807, 2.05) is 30.3 Å². The second-order valence-corrected chi connectivity index (χ2v) is 12.0. The van der Waals surface area contributed by atoms with Crippen molar-refractivity contribution in [1.82, 2.24) is 10.4 Å². The Balaban J connectivity index is 1.43. The molecule has 0 aliphatic rings. The maximum Gasteiger partial charge on any atom is 0.343 e. The summed E-state index contributed by atoms with van der Waals surface area (Å²) in [6.45, 7) is 1.26. The number of ether oxygens (including phenoxy) is 3. The van der Waals surface area contributed by atoms with Gasteiger partial charge in [0.1, 0.15) is 5.69 Å². The number of hydrogen-bond acceptors (Lipinski definition) is 7. The van der Waals surface area contributed by atoms with Crippen LogP contribution in [0.1, 0.15) is 33.3 Å². The topological polar surface area (TPSA) is 119 Å². The van der Waals surface area contributed by atoms with Gasteiger partial charge in [0.15, 0.2) is 17.2 Å². The molecule has 0 radical (unpaired) electrons. The number of aromatic amines is 1. The molecule has 5 aromatic rings. The van der Waals surface area contributed by atoms with Gasteiger partial charge in [0.25, 0.3) is 5.91 Å². The first kappa shape index (κ1) is 32.2. The number of aromatic nitrogens is 1. The van der Waals surface area contributed by atoms with Gasteiger partial charge in [0.05, 0.1) is 33.9 Å². The molecule has 9 nitrogen and oxygen atoms in total. The predicted octanol–water partition coefficient (Wildman–Crippen LogP) is 8.58. The zero-order valence-corrected chi connectivity index (χ0v) is 28.1. The lowest BCUT2D eigenvalue weighted by Gasteiger charge is -2.12. The molecular formula is C32H21Br2Cl2N3O6. The maximum atomic E-state index is 13.5. The monoisotopic (exact) mass is 771 g/mol. The van der Waals surface area contributed by atoms with Gasteiger partial charge in [0.2, 0.25) is 0 Å². The smallest absolute Gasteiger partial charge is 0.343 e. The number of H-pyrrole nitrogens is 1. The van der Waals surface area contributed by atoms with Gasteiger partial charge >= 0.3 is 11.9 Å². The molecular weight excluding hydrogens is 753 g/mol. The van der Waals surface area contributed by atoms with Gasteiger partial charge in [-0.2, -0.15) is 5.10 Å². The molecule has 0 unspecified atom stereocenters. The Morgan fingerprint density at radius 1 is 0.933 bits per heavy atom. The van der Waals surface area contributed by atoms with Gasteiger partial charge < -0.3 is 19.2 Å². The SMILES string of the molecule is COc1cc(C(=O)Oc2c(Br)cc(Br)cc2C=NNC(=O)c2[nH]c3c(Cl)cc(Cl)cc3c2-c2ccccc2)ccc1OC(C)=O. The fraction of sp³-hybridized carbons (Fsp3) is 0.0625. The normalized spacial score (nSPS) is 11.1. The minimum absolute atomic E-state index is 0.139. The van der Waals surface area contributed by atoms with E-state index in [0.29, 0.717) is 41.0 Å². The number of halogens is 4. The molecule has 2 N–H and O–H groups in total. The number of amides is 1. The largest absolute Gasteiger partial charge is 0.493 e. The third-order valence-corrected chi connectivity index (χ3v) is 7.93. The molecule has 13 heteroatoms. The zero-order chi connectivity index (χ0) is 32.2. The van der Waals surface area contributed by atoms with Crippen molar-refractivity contribution < 1.29 is 28.6 Å². The summed E-state index contributed by atoms with van der Waals surface area (Å²) in [4.78, 5) is 41.1. The number of benzene rings is 4. The van der Waals surface area contributed by atoms with Gasteiger partial charge in [-0.1, -0.05) is 69.5 Å². The van der Waals surface area contributed by atoms with Crippen LogP contribution in [-0.4, -0.2) is 36.2 Å². The van der Waals surface area contributed by atoms with Crippen LogP contribution >= 0.6 is 55.1 Å². The first-order valence-electron chi connectivity index (χ1n) is 13.0. The second kappa shape index (κ2) is 13.9. The third-order valence-electron chi connectivity index (χ3n) is 6.37. The van der Waals surface area contributed by atoms with Crippen molar-refractivity contribution in [1.29, 1.82) is 0 Å². The van der Waals surface area contributed by atoms with E-state index in [-0.39, 0.29) is 28.5 Å². The average Bonchev–Trinajstić information content (AvgIpc) is 3.39. The Labute approximate surface area is 283 Å². The number of methoxy groups -OCH3 is 1. The van der Waals surface area contributed by atoms with Crippen LogP contribution in [0.5, 0.6) is 17.2 Å². The maximum absolute atomic E-state index is 13.5. The zero-order valence-electron chi connectivity index (χ0n) is 23.4. The molecule has 5 rings (SSSR count). The van der Waals surface area contributed by atoms with E-state index >= 15 is 0 Å². The minimum Gasteiger partial charge on any atom is -0.493 e. The Kier molecular flexibility index (Phi) is 9.93. The lowest BCUT2D eigenvalue weighted by atomic mass is 10.0. The summed E-state index contributed by atoms with van der Waals surface area (Å²) >= 11 is 19.6. The lowest BCUT2D eigenvalue weighted by Crippen LogP contribution is -2.19. The average molecular weight is 774 g/mol. The Morgan fingerprint density at radius 3 is 2.40 bits per heavy atom. The van der Waals surface area contributed by atoms with Crippen molar-refractivity contribution in [3.8, 4) is 28.4 Å². The predicted molar refractivity (Wildman–Crippen MR) is 180 cm³/mol. The van der Waals surface area contributed by atoms with Crippen LogP contribution in [0.3, 0.4) is 0 Å². The van der Waals surface area contributed by atoms with Gasteiger partial charge in [-0.25, -0.2) is 10.2 Å². The molecule has 1 heterocycles. The Morgan fingerprint density at radius 2 is 1.69 bits per heavy atom. The number of hydrogen-bond donors (Lipinski definition) is 2. The molecule has 1 amide bonds. The quantitative estimate of drug-likeness (QED) is 0.0706. The van der Waals surface area contributed by atoms with E-state index in [1.54, 1.807) is 24.3 Å². The van der Waals surface area contributed by atoms with E-state index in [4.69, 9.17) is 37.4 Å². The summed E-state index contributed by atoms with van der Waals surface area (Å²) in [6.07, 6.45) is 1.34. The number of fused-ring (bicyclic) bond motifs is 1. The van der Waals surface area contributed by atoms with Crippen LogP contribution < -0.4 is 19.6 Å². The Hall–Kier alpha value is -4.16. The van der Waals surface area contributed by atoms with Gasteiger partial charge in [-0.05, 0) is 64.0 Å². The van der Waals surface area contributed by atoms with E-state index in [9.17, 15) is 14.4 Å². The van der Waals surface area contributed by atoms with E-state index in [1.165, 1.54) is 38.4 Å². The van der Waals surface area contributed by atoms with Crippen LogP contribution in [-0.2, 0) is 4.79 Å². The number of rotatable bonds is 8. The summed E-state index contributed by atoms with van der Waals surface area (Å²) in [7, 11) is 1.38. The number of carbonyl (C=O) groups excluding carboxylic acids is 3. The van der Waals surface area contributed by atoms with Crippen molar-refractivity contribution in [2.45, 2.75) is 6.92 Å². The van der Waals surface area contributed by atoms with E-state index in [2.05, 4.69) is 47.4 Å². The Bertz CT molecular complexity index is 2000. The minimum atomic E-state index is -0.717. The second-order valence-electron chi connectivity index (χ2n) is 9.41. The summed E-state index contributed by atoms with van der Waals surface area (Å²) in [6, 6.07) is 20.3. The third kappa shape index (κ3) is 7.23. The van der Waals surface area contributed by atoms with Crippen molar-refractivity contribution in [3.63, 3.8) is 0 Å². The molecule has 1 aromatic heterocycles. The molecule has 0 fully saturated rings. The summed E-state index contributed by atoms with van der Waals surface area (Å²) < 4.78 is 17.2. The van der Waals surface area contributed by atoms with Crippen LogP contribution in [0.4, 0.5) is 0 Å². The molecule has 228 valence electrons. The molecule has 45 heavy (non-hydrogen) atoms. The summed E-state index contributed by atoms with van der Waals surface area (Å²) in [5.41, 5.74) is 5.20. The van der Waals surface area contributed by atoms with Crippen LogP contribution in [0.25, 0.3) is 22.0 Å². The van der Waals surface area contributed by atoms with E-state index < -0.39 is 17.8 Å². The molecule has 0 saturated heterocycles. The van der Waals surface area contributed by atoms with Crippen molar-refractivity contribution >= 4 is 90.0 Å². The van der Waals surface area contributed by atoms with Crippen LogP contribution in [0, 0.1) is 0 Å². The lowest BCUT2D eigenvalue weighted by molar-refractivity contribution is -0.132. The van der Waals surface area contributed by atoms with Crippen molar-refractivity contribution in [2.75, 3.05) is 7.11 Å². The molecule has 0 saturated carbocycles. The van der Waals surface area contributed by atoms with Crippen LogP contribution in [0.15, 0.2) is 86.8 Å². The number of hydrazone groups is 1. The fourth-order valence-electron chi connectivity index (χ4n) is 4.48. The van der Waals surface area contributed by atoms with E-state index in [0.717, 1.165) is 5.56 Å². The van der Waals surface area contributed by atoms with Crippen molar-refractivity contribution in [3.05, 3.63) is 109 Å². The highest BCUT2D eigenvalue weighted by Gasteiger charge is 2.22. The summed E-state index contributed by atoms with van der Waals surface area (Å²) in [5, 5.41) is 5.61. The molecule has 0 spiro atoms. The highest BCUT2D eigenvalue weighted by atomic mass is 79.9. The number of nitrogens with one attached hydrogen (secondary N) is 2. The highest BCUT2D eigenvalue weighted by Crippen LogP contribution is 2.38. The highest BCUT2D eigenvalue weighted by molar-refractivity contribution is 9.11. The number of carbonyl (C=O) groups is 3. The molecule has 0 aliphatic heterocycles.